The van der Waals surface area contributed by atoms with E-state index in [1.807, 2.05) is 6.92 Å². The molecule has 0 heterocycles. The second kappa shape index (κ2) is 3.86. The van der Waals surface area contributed by atoms with Crippen molar-refractivity contribution in [3.8, 4) is 0 Å². The molecule has 0 saturated carbocycles. The molecule has 0 aromatic heterocycles. The Labute approximate surface area is 101 Å². The van der Waals surface area contributed by atoms with Gasteiger partial charge in [0, 0.05) is 6.04 Å². The van der Waals surface area contributed by atoms with Crippen LogP contribution in [0.5, 0.6) is 0 Å². The van der Waals surface area contributed by atoms with Gasteiger partial charge in [-0.3, -0.25) is 0 Å². The Morgan fingerprint density at radius 1 is 0.765 bits per heavy atom. The Bertz CT molecular complexity index is 683. The van der Waals surface area contributed by atoms with Gasteiger partial charge in [0.1, 0.15) is 0 Å². The van der Waals surface area contributed by atoms with Crippen molar-refractivity contribution < 1.29 is 0 Å². The highest BCUT2D eigenvalue weighted by Crippen LogP contribution is 2.29. The van der Waals surface area contributed by atoms with Crippen molar-refractivity contribution in [1.29, 1.82) is 0 Å². The molecule has 1 heteroatoms. The fourth-order valence-corrected chi connectivity index (χ4v) is 2.46. The third-order valence-electron chi connectivity index (χ3n) is 3.31. The van der Waals surface area contributed by atoms with Crippen molar-refractivity contribution in [1.82, 2.24) is 0 Å². The molecule has 0 amide bonds. The second-order valence-electron chi connectivity index (χ2n) is 4.52. The van der Waals surface area contributed by atoms with Gasteiger partial charge in [-0.05, 0) is 34.0 Å². The molecule has 17 heavy (non-hydrogen) atoms. The molecule has 0 spiro atoms. The van der Waals surface area contributed by atoms with Crippen molar-refractivity contribution in [3.05, 3.63) is 60.2 Å². The lowest BCUT2D eigenvalue weighted by Gasteiger charge is -2.11. The lowest BCUT2D eigenvalue weighted by molar-refractivity contribution is 0.827. The summed E-state index contributed by atoms with van der Waals surface area (Å²) < 4.78 is 0. The smallest absolute Gasteiger partial charge is 0.0272 e. The van der Waals surface area contributed by atoms with E-state index in [-0.39, 0.29) is 6.04 Å². The maximum Gasteiger partial charge on any atom is 0.0272 e. The van der Waals surface area contributed by atoms with Crippen LogP contribution in [0.4, 0.5) is 0 Å². The van der Waals surface area contributed by atoms with Gasteiger partial charge in [-0.2, -0.15) is 0 Å². The Morgan fingerprint density at radius 2 is 1.53 bits per heavy atom. The number of nitrogens with two attached hydrogens (primary N) is 1. The van der Waals surface area contributed by atoms with Gasteiger partial charge >= 0.3 is 0 Å². The minimum atomic E-state index is 0.0693. The van der Waals surface area contributed by atoms with E-state index in [1.165, 1.54) is 27.1 Å². The Balaban J connectivity index is 2.48. The molecule has 84 valence electrons. The van der Waals surface area contributed by atoms with E-state index >= 15 is 0 Å². The van der Waals surface area contributed by atoms with Crippen LogP contribution in [0.1, 0.15) is 18.5 Å². The first-order chi connectivity index (χ1) is 8.27. The molecule has 1 atom stereocenters. The molecule has 1 unspecified atom stereocenters. The van der Waals surface area contributed by atoms with Crippen LogP contribution in [0.15, 0.2) is 54.6 Å². The number of hydrogen-bond acceptors (Lipinski definition) is 1. The monoisotopic (exact) mass is 221 g/mol. The van der Waals surface area contributed by atoms with Crippen molar-refractivity contribution in [2.24, 2.45) is 5.73 Å². The first kappa shape index (κ1) is 10.3. The molecular weight excluding hydrogens is 206 g/mol. The summed E-state index contributed by atoms with van der Waals surface area (Å²) in [6.07, 6.45) is 0. The van der Waals surface area contributed by atoms with Gasteiger partial charge in [-0.15, -0.1) is 0 Å². The van der Waals surface area contributed by atoms with Crippen LogP contribution in [0.3, 0.4) is 0 Å². The van der Waals surface area contributed by atoms with E-state index in [1.54, 1.807) is 0 Å². The zero-order chi connectivity index (χ0) is 11.8. The Hall–Kier alpha value is -1.86. The molecule has 0 aliphatic carbocycles. The Kier molecular flexibility index (Phi) is 2.34. The summed E-state index contributed by atoms with van der Waals surface area (Å²) in [6, 6.07) is 19.3. The summed E-state index contributed by atoms with van der Waals surface area (Å²) in [6.45, 7) is 2.03. The Morgan fingerprint density at radius 3 is 2.35 bits per heavy atom. The summed E-state index contributed by atoms with van der Waals surface area (Å²) in [5, 5.41) is 5.13. The fourth-order valence-electron chi connectivity index (χ4n) is 2.46. The molecule has 0 radical (unpaired) electrons. The number of fused-ring (bicyclic) bond motifs is 3. The fraction of sp³-hybridized carbons (Fsp3) is 0.125. The molecule has 2 N–H and O–H groups in total. The summed E-state index contributed by atoms with van der Waals surface area (Å²) >= 11 is 0. The zero-order valence-corrected chi connectivity index (χ0v) is 9.85. The average molecular weight is 221 g/mol. The van der Waals surface area contributed by atoms with E-state index in [0.29, 0.717) is 0 Å². The molecule has 3 aromatic carbocycles. The highest BCUT2D eigenvalue weighted by molar-refractivity contribution is 6.08. The molecule has 0 aliphatic heterocycles. The van der Waals surface area contributed by atoms with Gasteiger partial charge in [0.2, 0.25) is 0 Å². The first-order valence-corrected chi connectivity index (χ1v) is 5.93. The van der Waals surface area contributed by atoms with Crippen molar-refractivity contribution >= 4 is 21.5 Å². The lowest BCUT2D eigenvalue weighted by atomic mass is 9.96. The van der Waals surface area contributed by atoms with Crippen LogP contribution < -0.4 is 5.73 Å². The topological polar surface area (TPSA) is 26.0 Å². The van der Waals surface area contributed by atoms with Gasteiger partial charge in [-0.1, -0.05) is 54.6 Å². The van der Waals surface area contributed by atoms with Crippen LogP contribution >= 0.6 is 0 Å². The average Bonchev–Trinajstić information content (AvgIpc) is 2.37. The first-order valence-electron chi connectivity index (χ1n) is 5.93. The summed E-state index contributed by atoms with van der Waals surface area (Å²) in [5.74, 6) is 0. The van der Waals surface area contributed by atoms with Gasteiger partial charge in [0.05, 0.1) is 0 Å². The van der Waals surface area contributed by atoms with Crippen LogP contribution in [0.2, 0.25) is 0 Å². The minimum Gasteiger partial charge on any atom is -0.324 e. The predicted molar refractivity (Wildman–Crippen MR) is 74.1 cm³/mol. The maximum atomic E-state index is 6.02. The van der Waals surface area contributed by atoms with Crippen LogP contribution in [0.25, 0.3) is 21.5 Å². The molecule has 0 bridgehead atoms. The van der Waals surface area contributed by atoms with Gasteiger partial charge in [0.15, 0.2) is 0 Å². The summed E-state index contributed by atoms with van der Waals surface area (Å²) in [7, 11) is 0. The minimum absolute atomic E-state index is 0.0693. The molecule has 0 fully saturated rings. The van der Waals surface area contributed by atoms with Crippen LogP contribution in [-0.2, 0) is 0 Å². The third-order valence-corrected chi connectivity index (χ3v) is 3.31. The lowest BCUT2D eigenvalue weighted by Crippen LogP contribution is -2.05. The predicted octanol–water partition coefficient (Wildman–Crippen LogP) is 4.01. The van der Waals surface area contributed by atoms with E-state index in [2.05, 4.69) is 54.6 Å². The maximum absolute atomic E-state index is 6.02. The quantitative estimate of drug-likeness (QED) is 0.617. The van der Waals surface area contributed by atoms with E-state index in [9.17, 15) is 0 Å². The standard InChI is InChI=1S/C16H15N/c1-11(17)13-7-4-8-15-14-6-3-2-5-12(14)9-10-16(13)15/h2-11H,17H2,1H3. The van der Waals surface area contributed by atoms with Crippen LogP contribution in [0, 0.1) is 0 Å². The highest BCUT2D eigenvalue weighted by Gasteiger charge is 2.06. The SMILES string of the molecule is CC(N)c1cccc2c1ccc1ccccc12. The molecule has 0 saturated heterocycles. The summed E-state index contributed by atoms with van der Waals surface area (Å²) in [4.78, 5) is 0. The van der Waals surface area contributed by atoms with Crippen LogP contribution in [-0.4, -0.2) is 0 Å². The van der Waals surface area contributed by atoms with E-state index < -0.39 is 0 Å². The van der Waals surface area contributed by atoms with Gasteiger partial charge in [0.25, 0.3) is 0 Å². The van der Waals surface area contributed by atoms with Gasteiger partial charge < -0.3 is 5.73 Å². The largest absolute Gasteiger partial charge is 0.324 e. The molecule has 3 aromatic rings. The van der Waals surface area contributed by atoms with Crippen molar-refractivity contribution in [2.45, 2.75) is 13.0 Å². The van der Waals surface area contributed by atoms with Gasteiger partial charge in [-0.25, -0.2) is 0 Å². The third kappa shape index (κ3) is 1.60. The molecule has 1 nitrogen and oxygen atoms in total. The zero-order valence-electron chi connectivity index (χ0n) is 9.85. The second-order valence-corrected chi connectivity index (χ2v) is 4.52. The van der Waals surface area contributed by atoms with Crippen molar-refractivity contribution in [2.75, 3.05) is 0 Å². The molecular formula is C16H15N. The number of rotatable bonds is 1. The molecule has 3 rings (SSSR count). The number of benzene rings is 3. The van der Waals surface area contributed by atoms with E-state index in [4.69, 9.17) is 5.73 Å². The summed E-state index contributed by atoms with van der Waals surface area (Å²) in [5.41, 5.74) is 7.24. The molecule has 0 aliphatic rings. The van der Waals surface area contributed by atoms with Crippen molar-refractivity contribution in [3.63, 3.8) is 0 Å². The normalized spacial score (nSPS) is 13.1. The van der Waals surface area contributed by atoms with E-state index in [0.717, 1.165) is 0 Å². The number of hydrogen-bond donors (Lipinski definition) is 1. The highest BCUT2D eigenvalue weighted by atomic mass is 14.6.